The highest BCUT2D eigenvalue weighted by molar-refractivity contribution is 5.76. The predicted molar refractivity (Wildman–Crippen MR) is 82.4 cm³/mol. The van der Waals surface area contributed by atoms with Gasteiger partial charge < -0.3 is 16.0 Å². The maximum atomic E-state index is 12.1. The number of rotatable bonds is 4. The molecule has 20 heavy (non-hydrogen) atoms. The lowest BCUT2D eigenvalue weighted by atomic mass is 9.83. The number of nitrogens with zero attached hydrogens (tertiary/aromatic N) is 1. The van der Waals surface area contributed by atoms with Crippen LogP contribution in [0.15, 0.2) is 0 Å². The van der Waals surface area contributed by atoms with Crippen molar-refractivity contribution in [2.75, 3.05) is 20.1 Å². The molecule has 0 aromatic carbocycles. The number of likely N-dealkylation sites (tertiary alicyclic amines) is 1. The predicted octanol–water partition coefficient (Wildman–Crippen LogP) is 1.74. The SMILES string of the molecule is CC1CN(C)CCC1NC(=O)CCC1CCCC(N)C1. The van der Waals surface area contributed by atoms with Crippen molar-refractivity contribution in [3.05, 3.63) is 0 Å². The van der Waals surface area contributed by atoms with Gasteiger partial charge in [0, 0.05) is 25.0 Å². The van der Waals surface area contributed by atoms with E-state index in [4.69, 9.17) is 5.73 Å². The number of piperidine rings is 1. The normalized spacial score (nSPS) is 35.8. The van der Waals surface area contributed by atoms with Crippen LogP contribution < -0.4 is 11.1 Å². The highest BCUT2D eigenvalue weighted by Crippen LogP contribution is 2.26. The molecule has 0 spiro atoms. The molecule has 1 aliphatic carbocycles. The molecule has 1 saturated heterocycles. The molecule has 0 radical (unpaired) electrons. The fraction of sp³-hybridized carbons (Fsp3) is 0.938. The van der Waals surface area contributed by atoms with Crippen LogP contribution in [-0.2, 0) is 4.79 Å². The van der Waals surface area contributed by atoms with E-state index in [9.17, 15) is 4.79 Å². The third-order valence-electron chi connectivity index (χ3n) is 5.06. The molecule has 0 bridgehead atoms. The van der Waals surface area contributed by atoms with E-state index in [1.807, 2.05) is 0 Å². The number of nitrogens with one attached hydrogen (secondary N) is 1. The first-order valence-corrected chi connectivity index (χ1v) is 8.28. The molecule has 0 aromatic rings. The Balaban J connectivity index is 1.67. The first-order valence-electron chi connectivity index (χ1n) is 8.28. The third-order valence-corrected chi connectivity index (χ3v) is 5.06. The summed E-state index contributed by atoms with van der Waals surface area (Å²) in [7, 11) is 2.15. The minimum atomic E-state index is 0.241. The minimum absolute atomic E-state index is 0.241. The average Bonchev–Trinajstić information content (AvgIpc) is 2.40. The van der Waals surface area contributed by atoms with Crippen molar-refractivity contribution in [1.29, 1.82) is 0 Å². The summed E-state index contributed by atoms with van der Waals surface area (Å²) in [4.78, 5) is 14.5. The Morgan fingerprint density at radius 2 is 2.15 bits per heavy atom. The highest BCUT2D eigenvalue weighted by atomic mass is 16.1. The molecule has 4 unspecified atom stereocenters. The number of nitrogens with two attached hydrogens (primary N) is 1. The van der Waals surface area contributed by atoms with Gasteiger partial charge in [-0.3, -0.25) is 4.79 Å². The monoisotopic (exact) mass is 281 g/mol. The van der Waals surface area contributed by atoms with Gasteiger partial charge in [0.2, 0.25) is 5.91 Å². The van der Waals surface area contributed by atoms with E-state index in [1.165, 1.54) is 12.8 Å². The Bertz CT molecular complexity index is 321. The fourth-order valence-corrected chi connectivity index (χ4v) is 3.78. The van der Waals surface area contributed by atoms with Crippen molar-refractivity contribution in [2.45, 2.75) is 64.0 Å². The van der Waals surface area contributed by atoms with Crippen molar-refractivity contribution >= 4 is 5.91 Å². The lowest BCUT2D eigenvalue weighted by Crippen LogP contribution is -2.48. The first-order chi connectivity index (χ1) is 9.54. The van der Waals surface area contributed by atoms with Gasteiger partial charge in [0.1, 0.15) is 0 Å². The van der Waals surface area contributed by atoms with Gasteiger partial charge >= 0.3 is 0 Å². The summed E-state index contributed by atoms with van der Waals surface area (Å²) in [6.45, 7) is 4.41. The third kappa shape index (κ3) is 4.74. The molecule has 4 atom stereocenters. The van der Waals surface area contributed by atoms with Gasteiger partial charge in [0.15, 0.2) is 0 Å². The smallest absolute Gasteiger partial charge is 0.220 e. The molecule has 2 fully saturated rings. The zero-order valence-corrected chi connectivity index (χ0v) is 13.1. The molecule has 1 amide bonds. The van der Waals surface area contributed by atoms with Crippen LogP contribution >= 0.6 is 0 Å². The summed E-state index contributed by atoms with van der Waals surface area (Å²) in [6, 6.07) is 0.734. The van der Waals surface area contributed by atoms with Gasteiger partial charge in [-0.15, -0.1) is 0 Å². The van der Waals surface area contributed by atoms with Crippen LogP contribution in [0.2, 0.25) is 0 Å². The zero-order valence-electron chi connectivity index (χ0n) is 13.1. The van der Waals surface area contributed by atoms with Crippen LogP contribution in [-0.4, -0.2) is 43.0 Å². The largest absolute Gasteiger partial charge is 0.353 e. The molecule has 1 saturated carbocycles. The van der Waals surface area contributed by atoms with Crippen molar-refractivity contribution in [3.8, 4) is 0 Å². The molecule has 0 aromatic heterocycles. The quantitative estimate of drug-likeness (QED) is 0.825. The number of carbonyl (C=O) groups is 1. The second kappa shape index (κ2) is 7.41. The van der Waals surface area contributed by atoms with Crippen LogP contribution in [0.25, 0.3) is 0 Å². The second-order valence-corrected chi connectivity index (χ2v) is 7.03. The van der Waals surface area contributed by atoms with E-state index in [1.54, 1.807) is 0 Å². The molecule has 116 valence electrons. The Hall–Kier alpha value is -0.610. The Labute approximate surface area is 123 Å². The van der Waals surface area contributed by atoms with Crippen LogP contribution in [0.5, 0.6) is 0 Å². The second-order valence-electron chi connectivity index (χ2n) is 7.03. The molecule has 3 N–H and O–H groups in total. The van der Waals surface area contributed by atoms with E-state index >= 15 is 0 Å². The van der Waals surface area contributed by atoms with E-state index in [-0.39, 0.29) is 5.91 Å². The number of hydrogen-bond acceptors (Lipinski definition) is 3. The van der Waals surface area contributed by atoms with Gasteiger partial charge in [0.05, 0.1) is 0 Å². The van der Waals surface area contributed by atoms with Crippen LogP contribution in [0.3, 0.4) is 0 Å². The minimum Gasteiger partial charge on any atom is -0.353 e. The lowest BCUT2D eigenvalue weighted by Gasteiger charge is -2.35. The van der Waals surface area contributed by atoms with E-state index in [0.29, 0.717) is 30.3 Å². The van der Waals surface area contributed by atoms with Gasteiger partial charge in [-0.2, -0.15) is 0 Å². The van der Waals surface area contributed by atoms with Gasteiger partial charge in [-0.05, 0) is 51.1 Å². The van der Waals surface area contributed by atoms with Crippen molar-refractivity contribution in [2.24, 2.45) is 17.6 Å². The maximum absolute atomic E-state index is 12.1. The molecule has 4 nitrogen and oxygen atoms in total. The number of amides is 1. The van der Waals surface area contributed by atoms with E-state index < -0.39 is 0 Å². The first kappa shape index (κ1) is 15.8. The summed E-state index contributed by atoms with van der Waals surface area (Å²) in [5.41, 5.74) is 6.01. The van der Waals surface area contributed by atoms with Crippen LogP contribution in [0.4, 0.5) is 0 Å². The zero-order chi connectivity index (χ0) is 14.5. The highest BCUT2D eigenvalue weighted by Gasteiger charge is 2.26. The van der Waals surface area contributed by atoms with Crippen molar-refractivity contribution in [1.82, 2.24) is 10.2 Å². The summed E-state index contributed by atoms with van der Waals surface area (Å²) in [5, 5.41) is 3.24. The van der Waals surface area contributed by atoms with Crippen LogP contribution in [0, 0.1) is 11.8 Å². The molecule has 2 rings (SSSR count). The van der Waals surface area contributed by atoms with E-state index in [0.717, 1.165) is 38.8 Å². The molecule has 1 heterocycles. The topological polar surface area (TPSA) is 58.4 Å². The van der Waals surface area contributed by atoms with E-state index in [2.05, 4.69) is 24.2 Å². The van der Waals surface area contributed by atoms with Crippen molar-refractivity contribution in [3.63, 3.8) is 0 Å². The molecular formula is C16H31N3O. The van der Waals surface area contributed by atoms with Crippen molar-refractivity contribution < 1.29 is 4.79 Å². The average molecular weight is 281 g/mol. The number of carbonyl (C=O) groups excluding carboxylic acids is 1. The molecule has 1 aliphatic heterocycles. The molecular weight excluding hydrogens is 250 g/mol. The van der Waals surface area contributed by atoms with Gasteiger partial charge in [-0.25, -0.2) is 0 Å². The van der Waals surface area contributed by atoms with Gasteiger partial charge in [-0.1, -0.05) is 19.8 Å². The Morgan fingerprint density at radius 1 is 1.35 bits per heavy atom. The summed E-state index contributed by atoms with van der Waals surface area (Å²) in [5.74, 6) is 1.46. The summed E-state index contributed by atoms with van der Waals surface area (Å²) in [6.07, 6.45) is 7.54. The standard InChI is InChI=1S/C16H31N3O/c1-12-11-19(2)9-8-15(12)18-16(20)7-6-13-4-3-5-14(17)10-13/h12-15H,3-11,17H2,1-2H3,(H,18,20). The van der Waals surface area contributed by atoms with Crippen LogP contribution in [0.1, 0.15) is 51.9 Å². The summed E-state index contributed by atoms with van der Waals surface area (Å²) < 4.78 is 0. The summed E-state index contributed by atoms with van der Waals surface area (Å²) >= 11 is 0. The Kier molecular flexibility index (Phi) is 5.85. The Morgan fingerprint density at radius 3 is 2.85 bits per heavy atom. The number of hydrogen-bond donors (Lipinski definition) is 2. The lowest BCUT2D eigenvalue weighted by molar-refractivity contribution is -0.122. The maximum Gasteiger partial charge on any atom is 0.220 e. The van der Waals surface area contributed by atoms with Gasteiger partial charge in [0.25, 0.3) is 0 Å². The molecule has 2 aliphatic rings. The fourth-order valence-electron chi connectivity index (χ4n) is 3.78. The molecule has 4 heteroatoms.